The molecule has 0 spiro atoms. The Bertz CT molecular complexity index is 1980. The van der Waals surface area contributed by atoms with Crippen molar-refractivity contribution in [3.63, 3.8) is 0 Å². The van der Waals surface area contributed by atoms with Gasteiger partial charge in [-0.2, -0.15) is 0 Å². The summed E-state index contributed by atoms with van der Waals surface area (Å²) in [5, 5.41) is 55.4. The molecule has 61 heavy (non-hydrogen) atoms. The summed E-state index contributed by atoms with van der Waals surface area (Å²) in [7, 11) is 1.39. The van der Waals surface area contributed by atoms with E-state index in [2.05, 4.69) is 36.9 Å². The monoisotopic (exact) mass is 880 g/mol. The zero-order chi connectivity index (χ0) is 45.3. The average molecular weight is 881 g/mol. The van der Waals surface area contributed by atoms with E-state index in [1.807, 2.05) is 0 Å². The van der Waals surface area contributed by atoms with Gasteiger partial charge in [0.25, 0.3) is 0 Å². The molecule has 3 heterocycles. The molecule has 8 amide bonds. The first-order valence-electron chi connectivity index (χ1n) is 19.0. The summed E-state index contributed by atoms with van der Waals surface area (Å²) in [5.41, 5.74) is 11.1. The van der Waals surface area contributed by atoms with Gasteiger partial charge in [0.05, 0.1) is 51.0 Å². The summed E-state index contributed by atoms with van der Waals surface area (Å²) >= 11 is -2.33. The zero-order valence-corrected chi connectivity index (χ0v) is 34.3. The standard InChI is InChI=1S/C36H52N10O14S/c1-15(26(50)13-47)30-34(57)42-22(31(54)40-10-28(38)52)8-20-19-5-4-18(60-3)7-21(19)44-35(20)61(59)14-24(41-29(53)11-39-16(2)48)32(55)43-23(9-27(37)51)36(58)46-12-17(49)6-25(46)33(56)45-30/h4-5,7,15-17,22-26,30,39,44,47-50H,6,8-14H2,1-3H3,(H2,37,51)(H2,38,52)(H,40,54)(H,41,53)(H,42,57)(H,43,55)(H,45,56)/t15-,16?,17+,22-,23-,24-,25-,26-,30-,61?/m0/s1. The van der Waals surface area contributed by atoms with Crippen molar-refractivity contribution in [1.29, 1.82) is 0 Å². The molecule has 0 bridgehead atoms. The largest absolute Gasteiger partial charge is 0.610 e. The summed E-state index contributed by atoms with van der Waals surface area (Å²) in [6.45, 7) is 0.0304. The van der Waals surface area contributed by atoms with Crippen LogP contribution in [0, 0.1) is 5.92 Å². The Morgan fingerprint density at radius 3 is 2.34 bits per heavy atom. The van der Waals surface area contributed by atoms with Crippen molar-refractivity contribution in [2.24, 2.45) is 17.4 Å². The molecule has 15 N–H and O–H groups in total. The average Bonchev–Trinajstić information content (AvgIpc) is 3.78. The van der Waals surface area contributed by atoms with E-state index >= 15 is 0 Å². The summed E-state index contributed by atoms with van der Waals surface area (Å²) in [6, 6.07) is -3.88. The van der Waals surface area contributed by atoms with Gasteiger partial charge >= 0.3 is 0 Å². The van der Waals surface area contributed by atoms with Gasteiger partial charge < -0.3 is 77.7 Å². The molecule has 2 unspecified atom stereocenters. The highest BCUT2D eigenvalue weighted by molar-refractivity contribution is 7.91. The van der Waals surface area contributed by atoms with Crippen LogP contribution in [-0.2, 0) is 56.0 Å². The third-order valence-electron chi connectivity index (χ3n) is 10.1. The molecular weight excluding hydrogens is 829 g/mol. The normalized spacial score (nSPS) is 25.6. The van der Waals surface area contributed by atoms with Gasteiger partial charge in [0.1, 0.15) is 41.9 Å². The maximum absolute atomic E-state index is 14.5. The number of methoxy groups -OCH3 is 1. The number of aliphatic hydroxyl groups excluding tert-OH is 4. The van der Waals surface area contributed by atoms with Crippen LogP contribution >= 0.6 is 0 Å². The number of nitrogens with one attached hydrogen (secondary N) is 7. The van der Waals surface area contributed by atoms with Crippen LogP contribution < -0.4 is 48.1 Å². The first-order chi connectivity index (χ1) is 28.7. The van der Waals surface area contributed by atoms with Crippen molar-refractivity contribution >= 4 is 69.3 Å². The minimum atomic E-state index is -2.33. The number of amides is 8. The number of nitrogens with two attached hydrogens (primary N) is 2. The Kier molecular flexibility index (Phi) is 16.8. The van der Waals surface area contributed by atoms with Gasteiger partial charge in [-0.3, -0.25) is 43.7 Å². The van der Waals surface area contributed by atoms with Crippen LogP contribution in [0.25, 0.3) is 10.9 Å². The predicted molar refractivity (Wildman–Crippen MR) is 212 cm³/mol. The molecule has 4 rings (SSSR count). The topological polar surface area (TPSA) is 393 Å². The number of nitrogens with zero attached hydrogens (tertiary/aromatic N) is 1. The van der Waals surface area contributed by atoms with Crippen molar-refractivity contribution in [1.82, 2.24) is 41.8 Å². The number of carbonyl (C=O) groups is 8. The number of H-pyrrole nitrogens is 1. The van der Waals surface area contributed by atoms with Crippen molar-refractivity contribution in [3.8, 4) is 5.75 Å². The van der Waals surface area contributed by atoms with Crippen LogP contribution in [0.1, 0.15) is 32.3 Å². The number of primary amides is 2. The molecular formula is C36H52N10O14S. The SMILES string of the molecule is COc1ccc2c3c([nH]c2c1)[S+]([O-])C[C@H](NC(=O)CNC(C)O)C(=O)N[C@@H](CC(N)=O)C(=O)N1C[C@H](O)C[C@H]1C(=O)N[C@@H]([C@@H](C)[C@@H](O)CO)C(=O)N[C@H](C(=O)NCC(N)=O)C3. The van der Waals surface area contributed by atoms with Crippen molar-refractivity contribution in [2.75, 3.05) is 39.1 Å². The highest BCUT2D eigenvalue weighted by Crippen LogP contribution is 2.31. The van der Waals surface area contributed by atoms with Crippen LogP contribution in [0.4, 0.5) is 0 Å². The fraction of sp³-hybridized carbons (Fsp3) is 0.556. The number of aromatic amines is 1. The number of aliphatic hydroxyl groups is 4. The van der Waals surface area contributed by atoms with Gasteiger partial charge in [-0.1, -0.05) is 6.92 Å². The Balaban J connectivity index is 1.94. The van der Waals surface area contributed by atoms with Gasteiger partial charge in [-0.25, -0.2) is 0 Å². The molecule has 2 aliphatic heterocycles. The second kappa shape index (κ2) is 21.3. The number of hydrogen-bond donors (Lipinski definition) is 13. The highest BCUT2D eigenvalue weighted by Gasteiger charge is 2.45. The molecule has 10 atom stereocenters. The maximum atomic E-state index is 14.5. The summed E-state index contributed by atoms with van der Waals surface area (Å²) in [4.78, 5) is 111. The van der Waals surface area contributed by atoms with Gasteiger partial charge in [0, 0.05) is 53.5 Å². The van der Waals surface area contributed by atoms with E-state index in [4.69, 9.17) is 16.2 Å². The van der Waals surface area contributed by atoms with Crippen LogP contribution in [0.2, 0.25) is 0 Å². The fourth-order valence-electron chi connectivity index (χ4n) is 6.86. The molecule has 336 valence electrons. The Morgan fingerprint density at radius 2 is 1.72 bits per heavy atom. The number of ether oxygens (including phenoxy) is 1. The molecule has 1 aromatic carbocycles. The molecule has 25 heteroatoms. The van der Waals surface area contributed by atoms with Crippen molar-refractivity contribution in [3.05, 3.63) is 23.8 Å². The van der Waals surface area contributed by atoms with E-state index in [0.717, 1.165) is 4.90 Å². The van der Waals surface area contributed by atoms with Gasteiger partial charge in [0.15, 0.2) is 6.04 Å². The van der Waals surface area contributed by atoms with Crippen LogP contribution in [0.15, 0.2) is 23.2 Å². The number of aromatic nitrogens is 1. The molecule has 0 saturated carbocycles. The molecule has 24 nitrogen and oxygen atoms in total. The fourth-order valence-corrected chi connectivity index (χ4v) is 8.26. The second-order valence-electron chi connectivity index (χ2n) is 14.7. The van der Waals surface area contributed by atoms with E-state index in [1.165, 1.54) is 27.0 Å². The number of rotatable bonds is 13. The van der Waals surface area contributed by atoms with Gasteiger partial charge in [0.2, 0.25) is 52.3 Å². The molecule has 1 fully saturated rings. The highest BCUT2D eigenvalue weighted by atomic mass is 32.2. The molecule has 1 saturated heterocycles. The molecule has 1 aromatic heterocycles. The predicted octanol–water partition coefficient (Wildman–Crippen LogP) is -6.86. The Labute approximate surface area is 351 Å². The van der Waals surface area contributed by atoms with Gasteiger partial charge in [-0.15, -0.1) is 0 Å². The van der Waals surface area contributed by atoms with E-state index in [9.17, 15) is 63.3 Å². The molecule has 2 aromatic rings. The van der Waals surface area contributed by atoms with Gasteiger partial charge in [-0.05, 0) is 19.1 Å². The maximum Gasteiger partial charge on any atom is 0.248 e. The molecule has 0 radical (unpaired) electrons. The summed E-state index contributed by atoms with van der Waals surface area (Å²) in [6.07, 6.45) is -5.84. The Morgan fingerprint density at radius 1 is 1.02 bits per heavy atom. The summed E-state index contributed by atoms with van der Waals surface area (Å²) < 4.78 is 19.8. The molecule has 0 aliphatic carbocycles. The quantitative estimate of drug-likeness (QED) is 0.0657. The minimum absolute atomic E-state index is 0.118. The number of fused-ring (bicyclic) bond motifs is 4. The van der Waals surface area contributed by atoms with E-state index in [-0.39, 0.29) is 10.6 Å². The number of carbonyl (C=O) groups excluding carboxylic acids is 8. The third kappa shape index (κ3) is 12.5. The van der Waals surface area contributed by atoms with E-state index < -0.39 is 164 Å². The first-order valence-corrected chi connectivity index (χ1v) is 20.4. The lowest BCUT2D eigenvalue weighted by Gasteiger charge is -2.32. The van der Waals surface area contributed by atoms with Crippen LogP contribution in [-0.4, -0.2) is 170 Å². The third-order valence-corrected chi connectivity index (χ3v) is 11.5. The van der Waals surface area contributed by atoms with Crippen LogP contribution in [0.5, 0.6) is 5.75 Å². The Hall–Kier alpha value is -5.57. The smallest absolute Gasteiger partial charge is 0.248 e. The lowest BCUT2D eigenvalue weighted by atomic mass is 9.93. The second-order valence-corrected chi connectivity index (χ2v) is 16.1. The summed E-state index contributed by atoms with van der Waals surface area (Å²) in [5.74, 6) is -9.92. The number of hydrogen-bond acceptors (Lipinski definition) is 15. The lowest BCUT2D eigenvalue weighted by Crippen LogP contribution is -2.62. The minimum Gasteiger partial charge on any atom is -0.610 e. The number of benzene rings is 1. The van der Waals surface area contributed by atoms with Crippen molar-refractivity contribution in [2.45, 2.75) is 86.8 Å². The van der Waals surface area contributed by atoms with E-state index in [1.54, 1.807) is 12.1 Å². The van der Waals surface area contributed by atoms with Crippen molar-refractivity contribution < 1.29 is 68.1 Å². The van der Waals surface area contributed by atoms with E-state index in [0.29, 0.717) is 16.7 Å². The first kappa shape index (κ1) is 48.1. The van der Waals surface area contributed by atoms with Crippen LogP contribution in [0.3, 0.4) is 0 Å². The lowest BCUT2D eigenvalue weighted by molar-refractivity contribution is -0.144. The molecule has 2 aliphatic rings. The zero-order valence-electron chi connectivity index (χ0n) is 33.5.